The molecule has 0 heterocycles. The van der Waals surface area contributed by atoms with Crippen LogP contribution in [0, 0.1) is 0 Å². The van der Waals surface area contributed by atoms with Gasteiger partial charge in [0, 0.05) is 4.90 Å². The monoisotopic (exact) mass is 280 g/mol. The lowest BCUT2D eigenvalue weighted by atomic mass is 10.2. The average Bonchev–Trinajstić information content (AvgIpc) is 2.40. The topological polar surface area (TPSA) is 0 Å². The Hall–Kier alpha value is -0.890. The van der Waals surface area contributed by atoms with Gasteiger partial charge in [-0.2, -0.15) is 0 Å². The first kappa shape index (κ1) is 12.6. The second kappa shape index (κ2) is 6.15. The van der Waals surface area contributed by atoms with Crippen LogP contribution in [0.5, 0.6) is 0 Å². The molecule has 2 aromatic carbocycles. The van der Waals surface area contributed by atoms with E-state index in [9.17, 15) is 0 Å². The van der Waals surface area contributed by atoms with E-state index in [1.165, 1.54) is 11.8 Å². The van der Waals surface area contributed by atoms with Gasteiger partial charge in [0.05, 0.1) is 9.40 Å². The van der Waals surface area contributed by atoms with Crippen LogP contribution in [-0.2, 0) is 0 Å². The molecule has 0 radical (unpaired) electrons. The Morgan fingerprint density at radius 3 is 1.88 bits per heavy atom. The van der Waals surface area contributed by atoms with E-state index in [0.717, 1.165) is 10.5 Å². The lowest BCUT2D eigenvalue weighted by molar-refractivity contribution is 1.47. The van der Waals surface area contributed by atoms with E-state index in [-0.39, 0.29) is 0 Å². The Bertz CT molecular complexity index is 506. The summed E-state index contributed by atoms with van der Waals surface area (Å²) < 4.78 is 0.587. The molecular formula is C14H10Cl2S. The van der Waals surface area contributed by atoms with E-state index in [4.69, 9.17) is 23.2 Å². The third-order valence-corrected chi connectivity index (χ3v) is 4.08. The van der Waals surface area contributed by atoms with Crippen molar-refractivity contribution in [2.24, 2.45) is 0 Å². The molecule has 0 nitrogen and oxygen atoms in total. The van der Waals surface area contributed by atoms with Crippen LogP contribution < -0.4 is 0 Å². The molecule has 2 rings (SSSR count). The third-order valence-electron chi connectivity index (χ3n) is 2.15. The fraction of sp³-hybridized carbons (Fsp3) is 0. The number of hydrogen-bond acceptors (Lipinski definition) is 1. The first-order chi connectivity index (χ1) is 8.27. The van der Waals surface area contributed by atoms with E-state index in [2.05, 4.69) is 0 Å². The second-order valence-corrected chi connectivity index (χ2v) is 5.43. The molecule has 0 atom stereocenters. The number of thioether (sulfide) groups is 1. The normalized spacial score (nSPS) is 12.1. The minimum absolute atomic E-state index is 0.584. The summed E-state index contributed by atoms with van der Waals surface area (Å²) in [5.41, 5.74) is 0.933. The lowest BCUT2D eigenvalue weighted by Crippen LogP contribution is -1.78. The molecule has 0 fully saturated rings. The Labute approximate surface area is 115 Å². The molecule has 0 N–H and O–H groups in total. The lowest BCUT2D eigenvalue weighted by Gasteiger charge is -2.04. The summed E-state index contributed by atoms with van der Waals surface area (Å²) in [5, 5.41) is 0.584. The van der Waals surface area contributed by atoms with E-state index in [0.29, 0.717) is 9.40 Å². The fourth-order valence-corrected chi connectivity index (χ4v) is 2.66. The maximum absolute atomic E-state index is 6.23. The summed E-state index contributed by atoms with van der Waals surface area (Å²) >= 11 is 13.9. The van der Waals surface area contributed by atoms with Gasteiger partial charge in [0.1, 0.15) is 0 Å². The molecule has 0 unspecified atom stereocenters. The fourth-order valence-electron chi connectivity index (χ4n) is 1.33. The molecule has 17 heavy (non-hydrogen) atoms. The van der Waals surface area contributed by atoms with Crippen molar-refractivity contribution in [1.29, 1.82) is 0 Å². The smallest absolute Gasteiger partial charge is 0.0815 e. The molecule has 0 aliphatic carbocycles. The van der Waals surface area contributed by atoms with E-state index >= 15 is 0 Å². The van der Waals surface area contributed by atoms with Gasteiger partial charge in [-0.05, 0) is 17.7 Å². The van der Waals surface area contributed by atoms with Gasteiger partial charge in [-0.3, -0.25) is 0 Å². The summed E-state index contributed by atoms with van der Waals surface area (Å²) in [4.78, 5) is 1.08. The molecule has 2 aromatic rings. The van der Waals surface area contributed by atoms with Crippen LogP contribution in [0.3, 0.4) is 0 Å². The highest BCUT2D eigenvalue weighted by molar-refractivity contribution is 8.04. The standard InChI is InChI=1S/C14H10Cl2S/c15-13(11-7-3-1-4-8-11)14(16)17-12-9-5-2-6-10-12/h1-10H/b14-13+. The van der Waals surface area contributed by atoms with Crippen molar-refractivity contribution in [1.82, 2.24) is 0 Å². The van der Waals surface area contributed by atoms with E-state index in [1.54, 1.807) is 0 Å². The van der Waals surface area contributed by atoms with Crippen LogP contribution in [0.25, 0.3) is 5.03 Å². The molecule has 0 bridgehead atoms. The second-order valence-electron chi connectivity index (χ2n) is 3.37. The Balaban J connectivity index is 2.22. The van der Waals surface area contributed by atoms with E-state index in [1.807, 2.05) is 60.7 Å². The van der Waals surface area contributed by atoms with Crippen molar-refractivity contribution in [3.8, 4) is 0 Å². The third kappa shape index (κ3) is 3.53. The van der Waals surface area contributed by atoms with Gasteiger partial charge in [-0.15, -0.1) is 0 Å². The van der Waals surface area contributed by atoms with Gasteiger partial charge in [0.15, 0.2) is 0 Å². The SMILES string of the molecule is Cl/C(Sc1ccccc1)=C(\Cl)c1ccccc1. The molecule has 0 amide bonds. The number of rotatable bonds is 3. The number of halogens is 2. The maximum Gasteiger partial charge on any atom is 0.0975 e. The minimum atomic E-state index is 0.584. The van der Waals surface area contributed by atoms with Crippen molar-refractivity contribution >= 4 is 40.0 Å². The first-order valence-corrected chi connectivity index (χ1v) is 6.68. The van der Waals surface area contributed by atoms with Gasteiger partial charge in [-0.25, -0.2) is 0 Å². The number of hydrogen-bond donors (Lipinski definition) is 0. The predicted molar refractivity (Wildman–Crippen MR) is 77.4 cm³/mol. The van der Waals surface area contributed by atoms with Crippen molar-refractivity contribution in [2.45, 2.75) is 4.90 Å². The Morgan fingerprint density at radius 1 is 0.765 bits per heavy atom. The summed E-state index contributed by atoms with van der Waals surface area (Å²) in [5.74, 6) is 0. The maximum atomic E-state index is 6.23. The zero-order valence-corrected chi connectivity index (χ0v) is 11.3. The molecule has 0 aromatic heterocycles. The van der Waals surface area contributed by atoms with Crippen LogP contribution in [0.15, 0.2) is 69.9 Å². The predicted octanol–water partition coefficient (Wildman–Crippen LogP) is 5.58. The molecule has 0 aliphatic heterocycles. The van der Waals surface area contributed by atoms with Crippen LogP contribution in [0.2, 0.25) is 0 Å². The highest BCUT2D eigenvalue weighted by Crippen LogP contribution is 2.37. The zero-order chi connectivity index (χ0) is 12.1. The largest absolute Gasteiger partial charge is 0.0975 e. The highest BCUT2D eigenvalue weighted by Gasteiger charge is 2.06. The van der Waals surface area contributed by atoms with E-state index < -0.39 is 0 Å². The van der Waals surface area contributed by atoms with Crippen LogP contribution >= 0.6 is 35.0 Å². The van der Waals surface area contributed by atoms with Gasteiger partial charge in [-0.1, -0.05) is 83.5 Å². The summed E-state index contributed by atoms with van der Waals surface area (Å²) in [7, 11) is 0. The molecular weight excluding hydrogens is 271 g/mol. The van der Waals surface area contributed by atoms with Crippen molar-refractivity contribution in [3.05, 3.63) is 70.6 Å². The van der Waals surface area contributed by atoms with Crippen molar-refractivity contribution in [3.63, 3.8) is 0 Å². The summed E-state index contributed by atoms with van der Waals surface area (Å²) in [6.45, 7) is 0. The van der Waals surface area contributed by atoms with Gasteiger partial charge in [0.2, 0.25) is 0 Å². The number of benzene rings is 2. The van der Waals surface area contributed by atoms with Crippen LogP contribution in [-0.4, -0.2) is 0 Å². The first-order valence-electron chi connectivity index (χ1n) is 5.11. The molecule has 0 aliphatic rings. The van der Waals surface area contributed by atoms with Crippen LogP contribution in [0.4, 0.5) is 0 Å². The molecule has 0 saturated heterocycles. The average molecular weight is 281 g/mol. The van der Waals surface area contributed by atoms with Gasteiger partial charge < -0.3 is 0 Å². The Kier molecular flexibility index (Phi) is 4.55. The van der Waals surface area contributed by atoms with Crippen LogP contribution in [0.1, 0.15) is 5.56 Å². The Morgan fingerprint density at radius 2 is 1.29 bits per heavy atom. The highest BCUT2D eigenvalue weighted by atomic mass is 35.5. The molecule has 86 valence electrons. The van der Waals surface area contributed by atoms with Gasteiger partial charge >= 0.3 is 0 Å². The van der Waals surface area contributed by atoms with Gasteiger partial charge in [0.25, 0.3) is 0 Å². The zero-order valence-electron chi connectivity index (χ0n) is 8.94. The summed E-state index contributed by atoms with van der Waals surface area (Å²) in [6, 6.07) is 19.6. The quantitative estimate of drug-likeness (QED) is 0.661. The van der Waals surface area contributed by atoms with Crippen molar-refractivity contribution in [2.75, 3.05) is 0 Å². The summed E-state index contributed by atoms with van der Waals surface area (Å²) in [6.07, 6.45) is 0. The minimum Gasteiger partial charge on any atom is -0.0815 e. The van der Waals surface area contributed by atoms with Crippen molar-refractivity contribution < 1.29 is 0 Å². The molecule has 0 spiro atoms. The molecule has 3 heteroatoms. The molecule has 0 saturated carbocycles.